The maximum Gasteiger partial charge on any atom is 0.294 e. The van der Waals surface area contributed by atoms with Gasteiger partial charge in [0, 0.05) is 13.1 Å². The van der Waals surface area contributed by atoms with Crippen molar-refractivity contribution in [1.29, 1.82) is 0 Å². The van der Waals surface area contributed by atoms with Gasteiger partial charge in [-0.25, -0.2) is 0 Å². The highest BCUT2D eigenvalue weighted by Crippen LogP contribution is 2.45. The van der Waals surface area contributed by atoms with Crippen molar-refractivity contribution in [2.75, 3.05) is 13.1 Å². The Bertz CT molecular complexity index is 1770. The summed E-state index contributed by atoms with van der Waals surface area (Å²) in [5.74, 6) is 0. The largest absolute Gasteiger partial charge is 0.294 e. The maximum absolute atomic E-state index is 14.1. The smallest absolute Gasteiger partial charge is 0.194 e. The molecule has 0 aliphatic carbocycles. The molecule has 0 bridgehead atoms. The van der Waals surface area contributed by atoms with Gasteiger partial charge in [0.05, 0.1) is 32.2 Å². The monoisotopic (exact) mass is 695 g/mol. The normalized spacial score (nSPS) is 19.5. The molecule has 7 nitrogen and oxygen atoms in total. The van der Waals surface area contributed by atoms with Crippen molar-refractivity contribution in [3.63, 3.8) is 0 Å². The number of nitrogens with one attached hydrogen (secondary N) is 1. The summed E-state index contributed by atoms with van der Waals surface area (Å²) in [7, 11) is -9.34. The molecule has 43 heavy (non-hydrogen) atoms. The van der Waals surface area contributed by atoms with E-state index >= 15 is 0 Å². The average Bonchev–Trinajstić information content (AvgIpc) is 3.00. The van der Waals surface area contributed by atoms with Crippen molar-refractivity contribution < 1.29 is 16.8 Å². The summed E-state index contributed by atoms with van der Waals surface area (Å²) >= 11 is 26.1. The topological polar surface area (TPSA) is 86.8 Å². The van der Waals surface area contributed by atoms with Crippen LogP contribution in [0.1, 0.15) is 45.5 Å². The summed E-state index contributed by atoms with van der Waals surface area (Å²) in [4.78, 5) is 0. The Morgan fingerprint density at radius 3 is 1.30 bits per heavy atom. The first-order valence-electron chi connectivity index (χ1n) is 13.3. The van der Waals surface area contributed by atoms with E-state index in [-0.39, 0.29) is 33.2 Å². The van der Waals surface area contributed by atoms with E-state index in [0.717, 1.165) is 19.7 Å². The van der Waals surface area contributed by atoms with Crippen LogP contribution in [-0.2, 0) is 33.3 Å². The van der Waals surface area contributed by atoms with Crippen LogP contribution < -0.4 is 4.13 Å². The van der Waals surface area contributed by atoms with Crippen molar-refractivity contribution in [3.8, 4) is 0 Å². The Morgan fingerprint density at radius 1 is 0.558 bits per heavy atom. The van der Waals surface area contributed by atoms with Crippen LogP contribution in [-0.4, -0.2) is 38.5 Å². The minimum Gasteiger partial charge on any atom is -0.194 e. The predicted molar refractivity (Wildman–Crippen MR) is 171 cm³/mol. The number of benzene rings is 4. The van der Waals surface area contributed by atoms with E-state index in [1.807, 2.05) is 28.4 Å². The number of hydrogen-bond acceptors (Lipinski definition) is 4. The van der Waals surface area contributed by atoms with Gasteiger partial charge < -0.3 is 0 Å². The molecule has 0 saturated carbocycles. The zero-order valence-corrected chi connectivity index (χ0v) is 27.1. The summed E-state index contributed by atoms with van der Waals surface area (Å²) in [6.07, 6.45) is 0.628. The van der Waals surface area contributed by atoms with Crippen LogP contribution in [0.25, 0.3) is 0 Å². The van der Waals surface area contributed by atoms with Gasteiger partial charge in [0.15, 0.2) is 0 Å². The molecule has 0 fully saturated rings. The molecule has 2 atom stereocenters. The fraction of sp³-hybridized carbons (Fsp3) is 0.200. The molecule has 4 aromatic carbocycles. The predicted octanol–water partition coefficient (Wildman–Crippen LogP) is 6.97. The van der Waals surface area contributed by atoms with Crippen LogP contribution in [0.15, 0.2) is 84.9 Å². The van der Waals surface area contributed by atoms with Gasteiger partial charge in [-0.15, -0.1) is 0 Å². The highest BCUT2D eigenvalue weighted by atomic mass is 35.5. The molecule has 0 amide bonds. The molecule has 2 aliphatic rings. The quantitative estimate of drug-likeness (QED) is 0.236. The summed E-state index contributed by atoms with van der Waals surface area (Å²) in [6.45, 7) is 0.0313. The Hall–Kier alpha value is -2.18. The summed E-state index contributed by atoms with van der Waals surface area (Å²) < 4.78 is 60.8. The van der Waals surface area contributed by atoms with Gasteiger partial charge in [-0.3, -0.25) is 0 Å². The molecule has 2 unspecified atom stereocenters. The Kier molecular flexibility index (Phi) is 8.58. The van der Waals surface area contributed by atoms with Crippen molar-refractivity contribution in [2.24, 2.45) is 0 Å². The van der Waals surface area contributed by atoms with E-state index in [9.17, 15) is 16.8 Å². The van der Waals surface area contributed by atoms with Gasteiger partial charge >= 0.3 is 0 Å². The standard InChI is InChI=1S/C30H25Cl4N3O4S2/c31-23-13-11-19-15-17-36(29(25(19)27(23)33)21-7-3-1-4-8-21)42(38,39)35-43(40,41)37-18-16-20-12-14-24(32)28(34)26(20)30(37)22-9-5-2-6-10-22/h1-14,29-30,35H,15-18H2. The first-order valence-corrected chi connectivity index (χ1v) is 17.7. The molecular weight excluding hydrogens is 672 g/mol. The van der Waals surface area contributed by atoms with Gasteiger partial charge in [-0.1, -0.05) is 123 Å². The lowest BCUT2D eigenvalue weighted by Gasteiger charge is -2.39. The second kappa shape index (κ2) is 12.0. The van der Waals surface area contributed by atoms with E-state index in [0.29, 0.717) is 35.1 Å². The molecule has 0 aromatic heterocycles. The second-order valence-electron chi connectivity index (χ2n) is 10.3. The minimum atomic E-state index is -4.67. The molecule has 2 heterocycles. The van der Waals surface area contributed by atoms with E-state index < -0.39 is 32.5 Å². The third-order valence-electron chi connectivity index (χ3n) is 7.83. The third kappa shape index (κ3) is 5.72. The number of nitrogens with zero attached hydrogens (tertiary/aromatic N) is 2. The number of halogens is 4. The second-order valence-corrected chi connectivity index (χ2v) is 15.4. The molecule has 13 heteroatoms. The van der Waals surface area contributed by atoms with Crippen LogP contribution in [0.2, 0.25) is 20.1 Å². The molecule has 224 valence electrons. The van der Waals surface area contributed by atoms with Crippen molar-refractivity contribution >= 4 is 66.8 Å². The lowest BCUT2D eigenvalue weighted by atomic mass is 9.90. The zero-order valence-electron chi connectivity index (χ0n) is 22.4. The fourth-order valence-corrected chi connectivity index (χ4v) is 10.3. The highest BCUT2D eigenvalue weighted by Gasteiger charge is 2.44. The number of fused-ring (bicyclic) bond motifs is 2. The van der Waals surface area contributed by atoms with Gasteiger partial charge in [0.2, 0.25) is 0 Å². The Balaban J connectivity index is 1.43. The van der Waals surface area contributed by atoms with Gasteiger partial charge in [-0.2, -0.15) is 25.4 Å². The van der Waals surface area contributed by atoms with Gasteiger partial charge in [0.25, 0.3) is 20.4 Å². The van der Waals surface area contributed by atoms with E-state index in [4.69, 9.17) is 46.4 Å². The molecular formula is C30H25Cl4N3O4S2. The first kappa shape index (κ1) is 30.8. The van der Waals surface area contributed by atoms with Crippen LogP contribution in [0.3, 0.4) is 0 Å². The molecule has 4 aromatic rings. The Morgan fingerprint density at radius 2 is 0.930 bits per heavy atom. The van der Waals surface area contributed by atoms with Crippen LogP contribution in [0.5, 0.6) is 0 Å². The lowest BCUT2D eigenvalue weighted by Crippen LogP contribution is -2.53. The third-order valence-corrected chi connectivity index (χ3v) is 13.2. The lowest BCUT2D eigenvalue weighted by molar-refractivity contribution is 0.331. The number of rotatable bonds is 6. The SMILES string of the molecule is O=S(=O)(NS(=O)(=O)N1CCc2ccc(Cl)c(Cl)c2C1c1ccccc1)N1CCc2ccc(Cl)c(Cl)c2C1c1ccccc1. The van der Waals surface area contributed by atoms with Crippen molar-refractivity contribution in [3.05, 3.63) is 138 Å². The summed E-state index contributed by atoms with van der Waals surface area (Å²) in [5, 5.41) is 0.988. The van der Waals surface area contributed by atoms with E-state index in [1.165, 1.54) is 0 Å². The number of hydrogen-bond donors (Lipinski definition) is 1. The van der Waals surface area contributed by atoms with E-state index in [2.05, 4.69) is 0 Å². The summed E-state index contributed by atoms with van der Waals surface area (Å²) in [6, 6.07) is 23.0. The van der Waals surface area contributed by atoms with Gasteiger partial charge in [0.1, 0.15) is 0 Å². The van der Waals surface area contributed by atoms with Crippen molar-refractivity contribution in [1.82, 2.24) is 12.7 Å². The average molecular weight is 697 g/mol. The highest BCUT2D eigenvalue weighted by molar-refractivity contribution is 8.02. The molecule has 2 aliphatic heterocycles. The van der Waals surface area contributed by atoms with Crippen LogP contribution >= 0.6 is 46.4 Å². The first-order chi connectivity index (χ1) is 20.5. The fourth-order valence-electron chi connectivity index (χ4n) is 5.93. The minimum absolute atomic E-state index is 0.0156. The summed E-state index contributed by atoms with van der Waals surface area (Å²) in [5.41, 5.74) is 3.94. The zero-order chi connectivity index (χ0) is 30.5. The molecule has 1 N–H and O–H groups in total. The van der Waals surface area contributed by atoms with E-state index in [1.54, 1.807) is 60.7 Å². The molecule has 0 saturated heterocycles. The van der Waals surface area contributed by atoms with Crippen LogP contribution in [0, 0.1) is 0 Å². The molecule has 0 spiro atoms. The van der Waals surface area contributed by atoms with Crippen LogP contribution in [0.4, 0.5) is 0 Å². The Labute approximate surface area is 271 Å². The molecule has 0 radical (unpaired) electrons. The maximum atomic E-state index is 14.1. The molecule has 6 rings (SSSR count). The van der Waals surface area contributed by atoms with Gasteiger partial charge in [-0.05, 0) is 58.4 Å². The van der Waals surface area contributed by atoms with Crippen molar-refractivity contribution in [2.45, 2.75) is 24.9 Å².